The summed E-state index contributed by atoms with van der Waals surface area (Å²) in [5.41, 5.74) is 0.102. The predicted molar refractivity (Wildman–Crippen MR) is 87.0 cm³/mol. The number of ether oxygens (including phenoxy) is 3. The number of benzene rings is 1. The maximum Gasteiger partial charge on any atom is 0.342 e. The number of nitrogens with one attached hydrogen (secondary N) is 1. The number of methoxy groups -OCH3 is 3. The quantitative estimate of drug-likeness (QED) is 0.830. The Hall–Kier alpha value is -3.47. The maximum atomic E-state index is 12.5. The molecule has 1 N–H and O–H groups in total. The van der Waals surface area contributed by atoms with Crippen LogP contribution >= 0.6 is 0 Å². The van der Waals surface area contributed by atoms with Gasteiger partial charge in [0.15, 0.2) is 0 Å². The molecule has 0 spiro atoms. The number of hydrogen-bond donors (Lipinski definition) is 1. The van der Waals surface area contributed by atoms with Crippen molar-refractivity contribution in [3.8, 4) is 17.6 Å². The Morgan fingerprint density at radius 2 is 1.72 bits per heavy atom. The molecule has 0 bridgehead atoms. The molecule has 0 aliphatic carbocycles. The second kappa shape index (κ2) is 7.40. The summed E-state index contributed by atoms with van der Waals surface area (Å²) in [4.78, 5) is 24.2. The van der Waals surface area contributed by atoms with Crippen LogP contribution in [-0.2, 0) is 4.74 Å². The van der Waals surface area contributed by atoms with Crippen molar-refractivity contribution in [2.24, 2.45) is 0 Å². The topological polar surface area (TPSA) is 111 Å². The minimum Gasteiger partial charge on any atom is -0.497 e. The Morgan fingerprint density at radius 3 is 2.20 bits per heavy atom. The van der Waals surface area contributed by atoms with Crippen molar-refractivity contribution in [1.82, 2.24) is 0 Å². The first kappa shape index (κ1) is 17.9. The van der Waals surface area contributed by atoms with E-state index < -0.39 is 11.9 Å². The molecular formula is C17H16N2O6. The number of hydrogen-bond acceptors (Lipinski definition) is 7. The van der Waals surface area contributed by atoms with E-state index in [9.17, 15) is 14.9 Å². The van der Waals surface area contributed by atoms with Crippen molar-refractivity contribution >= 4 is 17.8 Å². The number of anilines is 1. The SMILES string of the molecule is COC(=O)c1c(C)oc(NC(=O)c2cc(OC)cc(OC)c2)c1C#N. The second-order valence-electron chi connectivity index (χ2n) is 4.90. The lowest BCUT2D eigenvalue weighted by atomic mass is 10.1. The van der Waals surface area contributed by atoms with Gasteiger partial charge in [0.1, 0.15) is 34.5 Å². The number of nitriles is 1. The Kier molecular flexibility index (Phi) is 5.29. The highest BCUT2D eigenvalue weighted by Crippen LogP contribution is 2.28. The fraction of sp³-hybridized carbons (Fsp3) is 0.235. The van der Waals surface area contributed by atoms with E-state index in [2.05, 4.69) is 10.1 Å². The lowest BCUT2D eigenvalue weighted by Gasteiger charge is -2.08. The first-order chi connectivity index (χ1) is 11.9. The third-order valence-electron chi connectivity index (χ3n) is 3.43. The van der Waals surface area contributed by atoms with Gasteiger partial charge in [-0.2, -0.15) is 5.26 Å². The third-order valence-corrected chi connectivity index (χ3v) is 3.43. The largest absolute Gasteiger partial charge is 0.497 e. The number of esters is 1. The summed E-state index contributed by atoms with van der Waals surface area (Å²) in [5.74, 6) is -0.388. The van der Waals surface area contributed by atoms with Crippen molar-refractivity contribution in [1.29, 1.82) is 5.26 Å². The zero-order chi connectivity index (χ0) is 18.6. The molecule has 0 atom stereocenters. The maximum absolute atomic E-state index is 12.5. The van der Waals surface area contributed by atoms with Crippen molar-refractivity contribution < 1.29 is 28.2 Å². The number of rotatable bonds is 5. The fourth-order valence-corrected chi connectivity index (χ4v) is 2.20. The highest BCUT2D eigenvalue weighted by atomic mass is 16.5. The van der Waals surface area contributed by atoms with E-state index >= 15 is 0 Å². The first-order valence-corrected chi connectivity index (χ1v) is 7.11. The summed E-state index contributed by atoms with van der Waals surface area (Å²) in [6, 6.07) is 6.46. The van der Waals surface area contributed by atoms with Crippen LogP contribution in [0.5, 0.6) is 11.5 Å². The smallest absolute Gasteiger partial charge is 0.342 e. The Labute approximate surface area is 143 Å². The molecule has 0 saturated carbocycles. The summed E-state index contributed by atoms with van der Waals surface area (Å²) in [7, 11) is 4.11. The summed E-state index contributed by atoms with van der Waals surface area (Å²) in [6.45, 7) is 1.50. The van der Waals surface area contributed by atoms with Gasteiger partial charge in [0.05, 0.1) is 21.3 Å². The number of nitrogens with zero attached hydrogens (tertiary/aromatic N) is 1. The number of amides is 1. The molecule has 0 aliphatic heterocycles. The van der Waals surface area contributed by atoms with Crippen molar-refractivity contribution in [2.75, 3.05) is 26.6 Å². The Balaban J connectivity index is 2.39. The molecule has 0 saturated heterocycles. The summed E-state index contributed by atoms with van der Waals surface area (Å²) >= 11 is 0. The Bertz CT molecular complexity index is 841. The fourth-order valence-electron chi connectivity index (χ4n) is 2.20. The van der Waals surface area contributed by atoms with Crippen molar-refractivity contribution in [3.05, 3.63) is 40.6 Å². The highest BCUT2D eigenvalue weighted by Gasteiger charge is 2.25. The minimum atomic E-state index is -0.721. The van der Waals surface area contributed by atoms with Gasteiger partial charge >= 0.3 is 5.97 Å². The minimum absolute atomic E-state index is 0.0245. The van der Waals surface area contributed by atoms with Crippen LogP contribution in [0.4, 0.5) is 5.88 Å². The number of aryl methyl sites for hydroxylation is 1. The van der Waals surface area contributed by atoms with E-state index in [0.29, 0.717) is 11.5 Å². The molecule has 0 radical (unpaired) electrons. The van der Waals surface area contributed by atoms with Gasteiger partial charge in [-0.1, -0.05) is 0 Å². The average Bonchev–Trinajstić information content (AvgIpc) is 2.95. The van der Waals surface area contributed by atoms with E-state index in [1.807, 2.05) is 6.07 Å². The van der Waals surface area contributed by atoms with Gasteiger partial charge in [0.25, 0.3) is 5.91 Å². The van der Waals surface area contributed by atoms with Crippen LogP contribution in [-0.4, -0.2) is 33.2 Å². The number of carbonyl (C=O) groups is 2. The van der Waals surface area contributed by atoms with E-state index in [-0.39, 0.29) is 28.3 Å². The third kappa shape index (κ3) is 3.55. The predicted octanol–water partition coefficient (Wildman–Crippen LogP) is 2.52. The molecule has 0 unspecified atom stereocenters. The molecule has 8 nitrogen and oxygen atoms in total. The van der Waals surface area contributed by atoms with Gasteiger partial charge in [-0.3, -0.25) is 10.1 Å². The van der Waals surface area contributed by atoms with Crippen LogP contribution in [0, 0.1) is 18.3 Å². The van der Waals surface area contributed by atoms with Crippen LogP contribution < -0.4 is 14.8 Å². The van der Waals surface area contributed by atoms with Gasteiger partial charge in [0, 0.05) is 11.6 Å². The molecule has 1 heterocycles. The molecule has 0 fully saturated rings. The number of carbonyl (C=O) groups excluding carboxylic acids is 2. The van der Waals surface area contributed by atoms with Crippen LogP contribution in [0.25, 0.3) is 0 Å². The molecule has 25 heavy (non-hydrogen) atoms. The zero-order valence-corrected chi connectivity index (χ0v) is 14.1. The molecule has 8 heteroatoms. The molecule has 1 amide bonds. The van der Waals surface area contributed by atoms with Crippen molar-refractivity contribution in [2.45, 2.75) is 6.92 Å². The second-order valence-corrected chi connectivity index (χ2v) is 4.90. The lowest BCUT2D eigenvalue weighted by Crippen LogP contribution is -2.13. The van der Waals surface area contributed by atoms with Crippen LogP contribution in [0.1, 0.15) is 32.0 Å². The van der Waals surface area contributed by atoms with Crippen molar-refractivity contribution in [3.63, 3.8) is 0 Å². The Morgan fingerprint density at radius 1 is 1.12 bits per heavy atom. The molecule has 130 valence electrons. The van der Waals surface area contributed by atoms with Crippen LogP contribution in [0.2, 0.25) is 0 Å². The molecule has 2 aromatic rings. The average molecular weight is 344 g/mol. The molecule has 2 rings (SSSR count). The van der Waals surface area contributed by atoms with Gasteiger partial charge < -0.3 is 18.6 Å². The van der Waals surface area contributed by atoms with E-state index in [1.54, 1.807) is 6.07 Å². The molecule has 1 aromatic carbocycles. The van der Waals surface area contributed by atoms with E-state index in [0.717, 1.165) is 0 Å². The van der Waals surface area contributed by atoms with Gasteiger partial charge in [-0.05, 0) is 19.1 Å². The standard InChI is InChI=1S/C17H16N2O6/c1-9-14(17(21)24-4)13(8-18)16(25-9)19-15(20)10-5-11(22-2)7-12(6-10)23-3/h5-7H,1-4H3,(H,19,20). The van der Waals surface area contributed by atoms with E-state index in [1.165, 1.54) is 40.4 Å². The number of furan rings is 1. The molecule has 0 aliphatic rings. The first-order valence-electron chi connectivity index (χ1n) is 7.11. The summed E-state index contributed by atoms with van der Waals surface area (Å²) < 4.78 is 20.2. The lowest BCUT2D eigenvalue weighted by molar-refractivity contribution is 0.0598. The normalized spacial score (nSPS) is 9.88. The van der Waals surface area contributed by atoms with Gasteiger partial charge in [0.2, 0.25) is 5.88 Å². The highest BCUT2D eigenvalue weighted by molar-refractivity contribution is 6.06. The summed E-state index contributed by atoms with van der Waals surface area (Å²) in [5, 5.41) is 11.8. The van der Waals surface area contributed by atoms with Crippen LogP contribution in [0.3, 0.4) is 0 Å². The zero-order valence-electron chi connectivity index (χ0n) is 14.1. The monoisotopic (exact) mass is 344 g/mol. The molecule has 1 aromatic heterocycles. The summed E-state index contributed by atoms with van der Waals surface area (Å²) in [6.07, 6.45) is 0. The van der Waals surface area contributed by atoms with Crippen LogP contribution in [0.15, 0.2) is 22.6 Å². The van der Waals surface area contributed by atoms with Gasteiger partial charge in [-0.15, -0.1) is 0 Å². The molecular weight excluding hydrogens is 328 g/mol. The van der Waals surface area contributed by atoms with E-state index in [4.69, 9.17) is 13.9 Å². The van der Waals surface area contributed by atoms with Gasteiger partial charge in [-0.25, -0.2) is 4.79 Å².